The summed E-state index contributed by atoms with van der Waals surface area (Å²) in [5, 5.41) is 6.18. The van der Waals surface area contributed by atoms with E-state index in [1.54, 1.807) is 12.4 Å². The van der Waals surface area contributed by atoms with Gasteiger partial charge < -0.3 is 0 Å². The molecule has 10 aromatic rings. The Hall–Kier alpha value is -6.56. The molecule has 0 saturated carbocycles. The maximum absolute atomic E-state index is 5.17. The molecule has 0 aliphatic heterocycles. The Labute approximate surface area is 298 Å². The molecule has 4 nitrogen and oxygen atoms in total. The standard InChI is InChI=1S/C46H28N4S/c1-2-11-31(12-3-1)44-37-24-23-35-34-15-10-14-33(45(34)51-46(35)43(37)36-13-4-5-16-38(36)50-44)30-21-19-29(20-22-30)32-27-41(39-17-6-8-25-47-39)49-42(28-32)40-18-7-9-26-48-40/h1-28H. The van der Waals surface area contributed by atoms with Gasteiger partial charge >= 0.3 is 0 Å². The van der Waals surface area contributed by atoms with E-state index in [-0.39, 0.29) is 0 Å². The summed E-state index contributed by atoms with van der Waals surface area (Å²) in [6.07, 6.45) is 3.61. The zero-order valence-corrected chi connectivity index (χ0v) is 28.2. The summed E-state index contributed by atoms with van der Waals surface area (Å²) in [6, 6.07) is 55.2. The van der Waals surface area contributed by atoms with E-state index >= 15 is 0 Å². The van der Waals surface area contributed by atoms with Gasteiger partial charge in [0, 0.05) is 54.3 Å². The van der Waals surface area contributed by atoms with E-state index in [1.165, 1.54) is 47.5 Å². The number of hydrogen-bond donors (Lipinski definition) is 0. The molecule has 238 valence electrons. The second-order valence-electron chi connectivity index (χ2n) is 12.6. The van der Waals surface area contributed by atoms with Crippen molar-refractivity contribution in [1.29, 1.82) is 0 Å². The normalized spacial score (nSPS) is 11.5. The molecule has 0 saturated heterocycles. The molecular formula is C46H28N4S. The molecule has 0 fully saturated rings. The summed E-state index contributed by atoms with van der Waals surface area (Å²) in [4.78, 5) is 19.3. The topological polar surface area (TPSA) is 51.6 Å². The van der Waals surface area contributed by atoms with Gasteiger partial charge in [0.15, 0.2) is 0 Å². The molecule has 0 atom stereocenters. The van der Waals surface area contributed by atoms with Crippen LogP contribution in [0.15, 0.2) is 170 Å². The molecule has 0 bridgehead atoms. The predicted molar refractivity (Wildman–Crippen MR) is 213 cm³/mol. The summed E-state index contributed by atoms with van der Waals surface area (Å²) < 4.78 is 2.58. The van der Waals surface area contributed by atoms with Crippen molar-refractivity contribution in [1.82, 2.24) is 19.9 Å². The third-order valence-electron chi connectivity index (χ3n) is 9.58. The van der Waals surface area contributed by atoms with Crippen LogP contribution in [0, 0.1) is 0 Å². The van der Waals surface area contributed by atoms with Crippen molar-refractivity contribution in [3.63, 3.8) is 0 Å². The van der Waals surface area contributed by atoms with Crippen molar-refractivity contribution >= 4 is 53.2 Å². The van der Waals surface area contributed by atoms with Gasteiger partial charge in [0.2, 0.25) is 0 Å². The van der Waals surface area contributed by atoms with E-state index in [0.717, 1.165) is 50.7 Å². The van der Waals surface area contributed by atoms with Crippen LogP contribution in [0.1, 0.15) is 0 Å². The average Bonchev–Trinajstić information content (AvgIpc) is 3.61. The molecule has 51 heavy (non-hydrogen) atoms. The first kappa shape index (κ1) is 29.4. The second-order valence-corrected chi connectivity index (χ2v) is 13.6. The van der Waals surface area contributed by atoms with Gasteiger partial charge in [0.1, 0.15) is 0 Å². The van der Waals surface area contributed by atoms with Gasteiger partial charge in [-0.15, -0.1) is 11.3 Å². The van der Waals surface area contributed by atoms with Crippen LogP contribution in [-0.2, 0) is 0 Å². The van der Waals surface area contributed by atoms with Crippen molar-refractivity contribution in [2.24, 2.45) is 0 Å². The van der Waals surface area contributed by atoms with Crippen molar-refractivity contribution in [2.45, 2.75) is 0 Å². The fourth-order valence-electron chi connectivity index (χ4n) is 7.16. The summed E-state index contributed by atoms with van der Waals surface area (Å²) in [5.41, 5.74) is 11.0. The van der Waals surface area contributed by atoms with Gasteiger partial charge in [-0.25, -0.2) is 9.97 Å². The van der Waals surface area contributed by atoms with E-state index in [9.17, 15) is 0 Å². The minimum absolute atomic E-state index is 0.818. The fraction of sp³-hybridized carbons (Fsp3) is 0. The lowest BCUT2D eigenvalue weighted by Gasteiger charge is -2.11. The van der Waals surface area contributed by atoms with Crippen LogP contribution in [0.25, 0.3) is 98.1 Å². The number of benzene rings is 5. The molecule has 0 spiro atoms. The van der Waals surface area contributed by atoms with Crippen LogP contribution in [0.4, 0.5) is 0 Å². The summed E-state index contributed by atoms with van der Waals surface area (Å²) in [5.74, 6) is 0. The number of nitrogens with zero attached hydrogens (tertiary/aromatic N) is 4. The Morgan fingerprint density at radius 1 is 0.373 bits per heavy atom. The smallest absolute Gasteiger partial charge is 0.0900 e. The molecule has 5 aromatic carbocycles. The third kappa shape index (κ3) is 5.06. The van der Waals surface area contributed by atoms with E-state index in [2.05, 4.69) is 131 Å². The van der Waals surface area contributed by atoms with Crippen molar-refractivity contribution in [3.05, 3.63) is 170 Å². The van der Waals surface area contributed by atoms with Crippen molar-refractivity contribution in [3.8, 4) is 56.3 Å². The van der Waals surface area contributed by atoms with E-state index in [1.807, 2.05) is 47.7 Å². The molecule has 10 rings (SSSR count). The van der Waals surface area contributed by atoms with E-state index < -0.39 is 0 Å². The maximum Gasteiger partial charge on any atom is 0.0900 e. The Bertz CT molecular complexity index is 2830. The van der Waals surface area contributed by atoms with Gasteiger partial charge in [-0.1, -0.05) is 115 Å². The Kier molecular flexibility index (Phi) is 6.96. The van der Waals surface area contributed by atoms with Crippen LogP contribution in [0.3, 0.4) is 0 Å². The zero-order chi connectivity index (χ0) is 33.7. The van der Waals surface area contributed by atoms with E-state index in [4.69, 9.17) is 9.97 Å². The molecule has 0 radical (unpaired) electrons. The lowest BCUT2D eigenvalue weighted by molar-refractivity contribution is 1.22. The van der Waals surface area contributed by atoms with Gasteiger partial charge in [0.05, 0.1) is 34.0 Å². The average molecular weight is 669 g/mol. The van der Waals surface area contributed by atoms with Gasteiger partial charge in [0.25, 0.3) is 0 Å². The van der Waals surface area contributed by atoms with Crippen LogP contribution in [0.2, 0.25) is 0 Å². The summed E-state index contributed by atoms with van der Waals surface area (Å²) in [6.45, 7) is 0. The lowest BCUT2D eigenvalue weighted by atomic mass is 9.96. The highest BCUT2D eigenvalue weighted by Gasteiger charge is 2.18. The molecule has 0 aliphatic carbocycles. The highest BCUT2D eigenvalue weighted by molar-refractivity contribution is 7.27. The van der Waals surface area contributed by atoms with Crippen LogP contribution in [0.5, 0.6) is 0 Å². The molecule has 5 heteroatoms. The molecule has 0 N–H and O–H groups in total. The van der Waals surface area contributed by atoms with Crippen LogP contribution in [-0.4, -0.2) is 19.9 Å². The highest BCUT2D eigenvalue weighted by Crippen LogP contribution is 2.46. The molecule has 5 aromatic heterocycles. The van der Waals surface area contributed by atoms with Crippen LogP contribution < -0.4 is 0 Å². The summed E-state index contributed by atoms with van der Waals surface area (Å²) in [7, 11) is 0. The quantitative estimate of drug-likeness (QED) is 0.171. The van der Waals surface area contributed by atoms with Gasteiger partial charge in [-0.3, -0.25) is 9.97 Å². The molecule has 0 unspecified atom stereocenters. The van der Waals surface area contributed by atoms with Crippen molar-refractivity contribution in [2.75, 3.05) is 0 Å². The van der Waals surface area contributed by atoms with Crippen LogP contribution >= 0.6 is 11.3 Å². The maximum atomic E-state index is 5.17. The van der Waals surface area contributed by atoms with Gasteiger partial charge in [-0.2, -0.15) is 0 Å². The number of hydrogen-bond acceptors (Lipinski definition) is 5. The SMILES string of the molecule is c1ccc(-c2nc3ccccc3c3c2ccc2c4cccc(-c5ccc(-c6cc(-c7ccccn7)nc(-c7ccccn7)c6)cc5)c4sc23)cc1. The highest BCUT2D eigenvalue weighted by atomic mass is 32.1. The largest absolute Gasteiger partial charge is 0.255 e. The molecule has 5 heterocycles. The van der Waals surface area contributed by atoms with Crippen molar-refractivity contribution < 1.29 is 0 Å². The first-order valence-corrected chi connectivity index (χ1v) is 17.8. The number of pyridine rings is 4. The first-order chi connectivity index (χ1) is 25.3. The number of rotatable bonds is 5. The minimum Gasteiger partial charge on any atom is -0.255 e. The zero-order valence-electron chi connectivity index (χ0n) is 27.4. The Morgan fingerprint density at radius 2 is 1.00 bits per heavy atom. The first-order valence-electron chi connectivity index (χ1n) is 17.0. The Morgan fingerprint density at radius 3 is 1.73 bits per heavy atom. The number of para-hydroxylation sites is 1. The number of thiophene rings is 1. The number of fused-ring (bicyclic) bond motifs is 7. The molecule has 0 amide bonds. The third-order valence-corrected chi connectivity index (χ3v) is 10.9. The lowest BCUT2D eigenvalue weighted by Crippen LogP contribution is -1.93. The Balaban J connectivity index is 1.12. The monoisotopic (exact) mass is 668 g/mol. The molecule has 0 aliphatic rings. The van der Waals surface area contributed by atoms with E-state index in [0.29, 0.717) is 0 Å². The summed E-state index contributed by atoms with van der Waals surface area (Å²) >= 11 is 1.88. The predicted octanol–water partition coefficient (Wildman–Crippen LogP) is 12.3. The van der Waals surface area contributed by atoms with Gasteiger partial charge in [-0.05, 0) is 64.7 Å². The second kappa shape index (κ2) is 12.1. The molecular weight excluding hydrogens is 641 g/mol. The fourth-order valence-corrected chi connectivity index (χ4v) is 8.56. The minimum atomic E-state index is 0.818. The number of aromatic nitrogens is 4.